The molecule has 4 rings (SSSR count). The van der Waals surface area contributed by atoms with E-state index in [1.807, 2.05) is 41.3 Å². The molecule has 0 N–H and O–H groups in total. The van der Waals surface area contributed by atoms with Crippen molar-refractivity contribution < 1.29 is 9.59 Å². The van der Waals surface area contributed by atoms with Gasteiger partial charge in [0.2, 0.25) is 0 Å². The summed E-state index contributed by atoms with van der Waals surface area (Å²) in [6, 6.07) is 13.2. The number of carbonyl (C=O) groups is 2. The molecule has 0 unspecified atom stereocenters. The predicted octanol–water partition coefficient (Wildman–Crippen LogP) is 4.02. The Labute approximate surface area is 142 Å². The minimum absolute atomic E-state index is 0.0237. The van der Waals surface area contributed by atoms with Crippen molar-refractivity contribution in [2.24, 2.45) is 11.8 Å². The second-order valence-electron chi connectivity index (χ2n) is 7.29. The number of ketones is 1. The Balaban J connectivity index is 1.68. The van der Waals surface area contributed by atoms with Crippen LogP contribution in [0.25, 0.3) is 11.1 Å². The molecule has 0 radical (unpaired) electrons. The number of carbonyl (C=O) groups excluding carboxylic acids is 2. The normalized spacial score (nSPS) is 22.2. The van der Waals surface area contributed by atoms with E-state index in [0.717, 1.165) is 29.8 Å². The van der Waals surface area contributed by atoms with Crippen LogP contribution in [0.2, 0.25) is 0 Å². The SMILES string of the molecule is C[C@H]1C[C@H](C)CN(C(=O)c2ccc3c(c2)C(=O)c2ccccc2-3)C1. The number of benzene rings is 2. The topological polar surface area (TPSA) is 37.4 Å². The molecule has 24 heavy (non-hydrogen) atoms. The molecule has 2 aromatic rings. The molecule has 1 heterocycles. The van der Waals surface area contributed by atoms with Crippen molar-refractivity contribution in [3.63, 3.8) is 0 Å². The van der Waals surface area contributed by atoms with Gasteiger partial charge in [0.15, 0.2) is 5.78 Å². The lowest BCUT2D eigenvalue weighted by molar-refractivity contribution is 0.0623. The molecule has 1 fully saturated rings. The molecular weight excluding hydrogens is 298 g/mol. The molecule has 2 atom stereocenters. The van der Waals surface area contributed by atoms with E-state index < -0.39 is 0 Å². The van der Waals surface area contributed by atoms with Crippen LogP contribution in [0.15, 0.2) is 42.5 Å². The minimum atomic E-state index is 0.0237. The Hall–Kier alpha value is -2.42. The van der Waals surface area contributed by atoms with Gasteiger partial charge in [-0.25, -0.2) is 0 Å². The van der Waals surface area contributed by atoms with Gasteiger partial charge in [0.1, 0.15) is 0 Å². The smallest absolute Gasteiger partial charge is 0.253 e. The first-order valence-electron chi connectivity index (χ1n) is 8.62. The zero-order chi connectivity index (χ0) is 16.8. The van der Waals surface area contributed by atoms with Crippen molar-refractivity contribution in [2.45, 2.75) is 20.3 Å². The Kier molecular flexibility index (Phi) is 3.52. The fourth-order valence-electron chi connectivity index (χ4n) is 4.17. The third-order valence-corrected chi connectivity index (χ3v) is 5.13. The standard InChI is InChI=1S/C21H21NO2/c1-13-9-14(2)12-22(11-13)21(24)15-7-8-17-16-5-3-4-6-18(16)20(23)19(17)10-15/h3-8,10,13-14H,9,11-12H2,1-2H3/t13-,14-/m0/s1. The van der Waals surface area contributed by atoms with Gasteiger partial charge in [0, 0.05) is 29.8 Å². The van der Waals surface area contributed by atoms with E-state index in [9.17, 15) is 9.59 Å². The average molecular weight is 319 g/mol. The molecule has 3 nitrogen and oxygen atoms in total. The van der Waals surface area contributed by atoms with Gasteiger partial charge in [-0.15, -0.1) is 0 Å². The van der Waals surface area contributed by atoms with Gasteiger partial charge in [0.05, 0.1) is 0 Å². The highest BCUT2D eigenvalue weighted by atomic mass is 16.2. The van der Waals surface area contributed by atoms with E-state index in [1.54, 1.807) is 6.07 Å². The first-order chi connectivity index (χ1) is 11.5. The summed E-state index contributed by atoms with van der Waals surface area (Å²) in [6.07, 6.45) is 1.17. The fourth-order valence-corrected chi connectivity index (χ4v) is 4.17. The lowest BCUT2D eigenvalue weighted by Gasteiger charge is -2.35. The summed E-state index contributed by atoms with van der Waals surface area (Å²) < 4.78 is 0. The monoisotopic (exact) mass is 319 g/mol. The third-order valence-electron chi connectivity index (χ3n) is 5.13. The second-order valence-corrected chi connectivity index (χ2v) is 7.29. The molecule has 0 aromatic heterocycles. The van der Waals surface area contributed by atoms with Crippen molar-refractivity contribution in [2.75, 3.05) is 13.1 Å². The lowest BCUT2D eigenvalue weighted by atomic mass is 9.91. The molecule has 3 heteroatoms. The number of fused-ring (bicyclic) bond motifs is 3. The molecule has 1 aliphatic carbocycles. The van der Waals surface area contributed by atoms with Gasteiger partial charge < -0.3 is 4.90 Å². The number of piperidine rings is 1. The molecule has 2 aromatic carbocycles. The number of amides is 1. The van der Waals surface area contributed by atoms with Crippen molar-refractivity contribution >= 4 is 11.7 Å². The maximum atomic E-state index is 12.9. The fraction of sp³-hybridized carbons (Fsp3) is 0.333. The summed E-state index contributed by atoms with van der Waals surface area (Å²) in [4.78, 5) is 27.4. The number of likely N-dealkylation sites (tertiary alicyclic amines) is 1. The van der Waals surface area contributed by atoms with E-state index in [0.29, 0.717) is 23.0 Å². The van der Waals surface area contributed by atoms with E-state index in [4.69, 9.17) is 0 Å². The van der Waals surface area contributed by atoms with Gasteiger partial charge in [-0.05, 0) is 41.5 Å². The molecule has 1 saturated heterocycles. The van der Waals surface area contributed by atoms with Crippen LogP contribution in [-0.4, -0.2) is 29.7 Å². The van der Waals surface area contributed by atoms with Crippen LogP contribution in [0.5, 0.6) is 0 Å². The molecule has 0 spiro atoms. The molecule has 122 valence electrons. The molecule has 2 aliphatic rings. The van der Waals surface area contributed by atoms with Crippen LogP contribution >= 0.6 is 0 Å². The van der Waals surface area contributed by atoms with Gasteiger partial charge in [-0.3, -0.25) is 9.59 Å². The number of hydrogen-bond donors (Lipinski definition) is 0. The quantitative estimate of drug-likeness (QED) is 0.679. The Morgan fingerprint density at radius 1 is 0.917 bits per heavy atom. The summed E-state index contributed by atoms with van der Waals surface area (Å²) >= 11 is 0. The third kappa shape index (κ3) is 2.35. The summed E-state index contributed by atoms with van der Waals surface area (Å²) in [5.41, 5.74) is 3.91. The molecular formula is C21H21NO2. The van der Waals surface area contributed by atoms with Crippen LogP contribution in [0.4, 0.5) is 0 Å². The van der Waals surface area contributed by atoms with Crippen LogP contribution in [0.3, 0.4) is 0 Å². The van der Waals surface area contributed by atoms with Crippen LogP contribution in [0, 0.1) is 11.8 Å². The highest BCUT2D eigenvalue weighted by Gasteiger charge is 2.30. The molecule has 1 aliphatic heterocycles. The van der Waals surface area contributed by atoms with Crippen molar-refractivity contribution in [3.05, 3.63) is 59.2 Å². The maximum Gasteiger partial charge on any atom is 0.253 e. The predicted molar refractivity (Wildman–Crippen MR) is 94.2 cm³/mol. The summed E-state index contributed by atoms with van der Waals surface area (Å²) in [5, 5.41) is 0. The second kappa shape index (κ2) is 5.59. The van der Waals surface area contributed by atoms with Crippen molar-refractivity contribution in [1.29, 1.82) is 0 Å². The van der Waals surface area contributed by atoms with Gasteiger partial charge in [-0.2, -0.15) is 0 Å². The number of nitrogens with zero attached hydrogens (tertiary/aromatic N) is 1. The molecule has 1 amide bonds. The minimum Gasteiger partial charge on any atom is -0.338 e. The largest absolute Gasteiger partial charge is 0.338 e. The highest BCUT2D eigenvalue weighted by Crippen LogP contribution is 2.37. The van der Waals surface area contributed by atoms with Gasteiger partial charge in [0.25, 0.3) is 5.91 Å². The molecule has 0 saturated carbocycles. The van der Waals surface area contributed by atoms with Crippen LogP contribution in [-0.2, 0) is 0 Å². The highest BCUT2D eigenvalue weighted by molar-refractivity contribution is 6.22. The van der Waals surface area contributed by atoms with E-state index in [1.165, 1.54) is 6.42 Å². The summed E-state index contributed by atoms with van der Waals surface area (Å²) in [7, 11) is 0. The van der Waals surface area contributed by atoms with E-state index in [-0.39, 0.29) is 11.7 Å². The van der Waals surface area contributed by atoms with Gasteiger partial charge in [-0.1, -0.05) is 44.2 Å². The summed E-state index contributed by atoms with van der Waals surface area (Å²) in [5.74, 6) is 1.12. The Morgan fingerprint density at radius 3 is 2.25 bits per heavy atom. The van der Waals surface area contributed by atoms with E-state index >= 15 is 0 Å². The number of hydrogen-bond acceptors (Lipinski definition) is 2. The average Bonchev–Trinajstić information content (AvgIpc) is 2.86. The first kappa shape index (κ1) is 15.1. The summed E-state index contributed by atoms with van der Waals surface area (Å²) in [6.45, 7) is 5.99. The van der Waals surface area contributed by atoms with E-state index in [2.05, 4.69) is 13.8 Å². The van der Waals surface area contributed by atoms with Crippen LogP contribution < -0.4 is 0 Å². The zero-order valence-electron chi connectivity index (χ0n) is 14.1. The lowest BCUT2D eigenvalue weighted by Crippen LogP contribution is -2.42. The number of rotatable bonds is 1. The van der Waals surface area contributed by atoms with Crippen LogP contribution in [0.1, 0.15) is 46.5 Å². The van der Waals surface area contributed by atoms with Gasteiger partial charge >= 0.3 is 0 Å². The molecule has 0 bridgehead atoms. The Bertz CT molecular complexity index is 829. The zero-order valence-corrected chi connectivity index (χ0v) is 14.1. The van der Waals surface area contributed by atoms with Crippen molar-refractivity contribution in [3.8, 4) is 11.1 Å². The Morgan fingerprint density at radius 2 is 1.54 bits per heavy atom. The maximum absolute atomic E-state index is 12.9. The first-order valence-corrected chi connectivity index (χ1v) is 8.62. The van der Waals surface area contributed by atoms with Crippen molar-refractivity contribution in [1.82, 2.24) is 4.90 Å².